The van der Waals surface area contributed by atoms with E-state index in [2.05, 4.69) is 0 Å². The molecule has 0 unspecified atom stereocenters. The summed E-state index contributed by atoms with van der Waals surface area (Å²) in [4.78, 5) is 17.4. The quantitative estimate of drug-likeness (QED) is 0.413. The third-order valence-electron chi connectivity index (χ3n) is 1.55. The van der Waals surface area contributed by atoms with Crippen molar-refractivity contribution in [1.29, 1.82) is 0 Å². The second kappa shape index (κ2) is 3.38. The van der Waals surface area contributed by atoms with Crippen molar-refractivity contribution in [2.24, 2.45) is 0 Å². The lowest BCUT2D eigenvalue weighted by molar-refractivity contribution is 0.372. The molecule has 72 valence electrons. The van der Waals surface area contributed by atoms with Crippen molar-refractivity contribution in [3.05, 3.63) is 23.8 Å². The first kappa shape index (κ1) is 10.1. The minimum atomic E-state index is -4.05. The fourth-order valence-electron chi connectivity index (χ4n) is 0.979. The van der Waals surface area contributed by atoms with E-state index >= 15 is 0 Å². The van der Waals surface area contributed by atoms with Gasteiger partial charge in [-0.1, -0.05) is 6.07 Å². The smallest absolute Gasteiger partial charge is 0.329 e. The van der Waals surface area contributed by atoms with E-state index in [9.17, 15) is 4.57 Å². The third kappa shape index (κ3) is 3.06. The molecule has 1 aromatic carbocycles. The van der Waals surface area contributed by atoms with Gasteiger partial charge in [-0.3, -0.25) is 4.57 Å². The van der Waals surface area contributed by atoms with Crippen molar-refractivity contribution in [3.8, 4) is 0 Å². The van der Waals surface area contributed by atoms with Crippen LogP contribution in [0.4, 0.5) is 11.4 Å². The highest BCUT2D eigenvalue weighted by molar-refractivity contribution is 7.50. The van der Waals surface area contributed by atoms with E-state index in [0.29, 0.717) is 16.9 Å². The molecule has 0 radical (unpaired) electrons. The monoisotopic (exact) mass is 202 g/mol. The van der Waals surface area contributed by atoms with Crippen molar-refractivity contribution in [2.75, 3.05) is 11.5 Å². The molecule has 0 spiro atoms. The molecule has 0 atom stereocenters. The van der Waals surface area contributed by atoms with Crippen LogP contribution in [0.25, 0.3) is 0 Å². The normalized spacial score (nSPS) is 11.5. The summed E-state index contributed by atoms with van der Waals surface area (Å²) in [7, 11) is -4.05. The molecule has 1 aromatic rings. The minimum Gasteiger partial charge on any atom is -0.399 e. The Morgan fingerprint density at radius 2 is 1.92 bits per heavy atom. The first-order valence-electron chi connectivity index (χ1n) is 3.57. The van der Waals surface area contributed by atoms with E-state index < -0.39 is 7.60 Å². The SMILES string of the molecule is Nc1ccc(CP(=O)(O)O)c(N)c1. The van der Waals surface area contributed by atoms with Gasteiger partial charge in [0.2, 0.25) is 0 Å². The molecule has 1 rings (SSSR count). The summed E-state index contributed by atoms with van der Waals surface area (Å²) in [6.45, 7) is 0. The van der Waals surface area contributed by atoms with Crippen LogP contribution in [0.15, 0.2) is 18.2 Å². The van der Waals surface area contributed by atoms with Crippen LogP contribution in [0, 0.1) is 0 Å². The Kier molecular flexibility index (Phi) is 2.61. The molecule has 0 aliphatic rings. The highest BCUT2D eigenvalue weighted by atomic mass is 31.2. The fraction of sp³-hybridized carbons (Fsp3) is 0.143. The molecule has 13 heavy (non-hydrogen) atoms. The van der Waals surface area contributed by atoms with Crippen LogP contribution in [0.3, 0.4) is 0 Å². The van der Waals surface area contributed by atoms with Crippen LogP contribution in [0.1, 0.15) is 5.56 Å². The van der Waals surface area contributed by atoms with Gasteiger partial charge in [-0.2, -0.15) is 0 Å². The molecule has 0 saturated carbocycles. The van der Waals surface area contributed by atoms with E-state index in [1.165, 1.54) is 12.1 Å². The maximum atomic E-state index is 10.6. The highest BCUT2D eigenvalue weighted by Crippen LogP contribution is 2.40. The second-order valence-electron chi connectivity index (χ2n) is 2.78. The Balaban J connectivity index is 2.97. The predicted octanol–water partition coefficient (Wildman–Crippen LogP) is 0.529. The van der Waals surface area contributed by atoms with Crippen LogP contribution in [-0.2, 0) is 10.7 Å². The summed E-state index contributed by atoms with van der Waals surface area (Å²) in [5.74, 6) is 0. The number of nitrogen functional groups attached to an aromatic ring is 2. The molecule has 0 aliphatic carbocycles. The largest absolute Gasteiger partial charge is 0.399 e. The van der Waals surface area contributed by atoms with Crippen LogP contribution in [0.2, 0.25) is 0 Å². The highest BCUT2D eigenvalue weighted by Gasteiger charge is 2.15. The topological polar surface area (TPSA) is 110 Å². The van der Waals surface area contributed by atoms with Crippen molar-refractivity contribution < 1.29 is 14.4 Å². The van der Waals surface area contributed by atoms with Crippen molar-refractivity contribution >= 4 is 19.0 Å². The van der Waals surface area contributed by atoms with Gasteiger partial charge in [-0.15, -0.1) is 0 Å². The van der Waals surface area contributed by atoms with Crippen molar-refractivity contribution in [1.82, 2.24) is 0 Å². The van der Waals surface area contributed by atoms with Gasteiger partial charge >= 0.3 is 7.60 Å². The summed E-state index contributed by atoms with van der Waals surface area (Å²) in [5, 5.41) is 0. The third-order valence-corrected chi connectivity index (χ3v) is 2.30. The van der Waals surface area contributed by atoms with Gasteiger partial charge < -0.3 is 21.3 Å². The van der Waals surface area contributed by atoms with E-state index in [-0.39, 0.29) is 6.16 Å². The average Bonchev–Trinajstić information content (AvgIpc) is 1.93. The molecule has 0 aromatic heterocycles. The lowest BCUT2D eigenvalue weighted by Crippen LogP contribution is -1.97. The zero-order chi connectivity index (χ0) is 10.1. The van der Waals surface area contributed by atoms with Gasteiger partial charge in [0.15, 0.2) is 0 Å². The predicted molar refractivity (Wildman–Crippen MR) is 51.0 cm³/mol. The van der Waals surface area contributed by atoms with Gasteiger partial charge in [-0.05, 0) is 17.7 Å². The standard InChI is InChI=1S/C7H11N2O3P/c8-6-2-1-5(7(9)3-6)4-13(10,11)12/h1-3H,4,8-9H2,(H2,10,11,12). The molecule has 0 heterocycles. The van der Waals surface area contributed by atoms with Crippen LogP contribution >= 0.6 is 7.60 Å². The van der Waals surface area contributed by atoms with Gasteiger partial charge in [0.25, 0.3) is 0 Å². The molecule has 0 aliphatic heterocycles. The number of nitrogens with two attached hydrogens (primary N) is 2. The summed E-state index contributed by atoms with van der Waals surface area (Å²) in [6, 6.07) is 4.55. The first-order valence-corrected chi connectivity index (χ1v) is 5.37. The van der Waals surface area contributed by atoms with Gasteiger partial charge in [0, 0.05) is 11.4 Å². The molecule has 0 saturated heterocycles. The van der Waals surface area contributed by atoms with Crippen LogP contribution in [0.5, 0.6) is 0 Å². The molecule has 0 fully saturated rings. The Morgan fingerprint density at radius 3 is 2.38 bits per heavy atom. The van der Waals surface area contributed by atoms with E-state index in [1.54, 1.807) is 6.07 Å². The summed E-state index contributed by atoms with van der Waals surface area (Å²) >= 11 is 0. The molecule has 6 N–H and O–H groups in total. The van der Waals surface area contributed by atoms with Crippen LogP contribution < -0.4 is 11.5 Å². The number of hydrogen-bond acceptors (Lipinski definition) is 3. The summed E-state index contributed by atoms with van der Waals surface area (Å²) in [5.41, 5.74) is 12.1. The van der Waals surface area contributed by atoms with Crippen molar-refractivity contribution in [2.45, 2.75) is 6.16 Å². The number of rotatable bonds is 2. The maximum absolute atomic E-state index is 10.6. The molecule has 0 bridgehead atoms. The van der Waals surface area contributed by atoms with Gasteiger partial charge in [0.05, 0.1) is 6.16 Å². The Morgan fingerprint density at radius 1 is 1.31 bits per heavy atom. The lowest BCUT2D eigenvalue weighted by atomic mass is 10.2. The minimum absolute atomic E-state index is 0.309. The fourth-order valence-corrected chi connectivity index (χ4v) is 1.71. The van der Waals surface area contributed by atoms with Gasteiger partial charge in [0.1, 0.15) is 0 Å². The van der Waals surface area contributed by atoms with Crippen LogP contribution in [-0.4, -0.2) is 9.79 Å². The molecular weight excluding hydrogens is 191 g/mol. The van der Waals surface area contributed by atoms with E-state index in [4.69, 9.17) is 21.3 Å². The van der Waals surface area contributed by atoms with E-state index in [0.717, 1.165) is 0 Å². The van der Waals surface area contributed by atoms with E-state index in [1.807, 2.05) is 0 Å². The summed E-state index contributed by atoms with van der Waals surface area (Å²) in [6.07, 6.45) is -0.348. The molecule has 0 amide bonds. The zero-order valence-electron chi connectivity index (χ0n) is 6.84. The number of hydrogen-bond donors (Lipinski definition) is 4. The molecule has 5 nitrogen and oxygen atoms in total. The Hall–Kier alpha value is -1.03. The van der Waals surface area contributed by atoms with Crippen molar-refractivity contribution in [3.63, 3.8) is 0 Å². The molecule has 6 heteroatoms. The average molecular weight is 202 g/mol. The van der Waals surface area contributed by atoms with Gasteiger partial charge in [-0.25, -0.2) is 0 Å². The lowest BCUT2D eigenvalue weighted by Gasteiger charge is -2.07. The first-order chi connectivity index (χ1) is 5.88. The second-order valence-corrected chi connectivity index (χ2v) is 4.43. The molecular formula is C7H11N2O3P. The Bertz CT molecular complexity index is 361. The maximum Gasteiger partial charge on any atom is 0.329 e. The zero-order valence-corrected chi connectivity index (χ0v) is 7.74. The Labute approximate surface area is 75.5 Å². The summed E-state index contributed by atoms with van der Waals surface area (Å²) < 4.78 is 10.6. The number of benzene rings is 1. The number of anilines is 2.